The minimum Gasteiger partial charge on any atom is -0.497 e. The summed E-state index contributed by atoms with van der Waals surface area (Å²) in [5.74, 6) is 0.634. The van der Waals surface area contributed by atoms with E-state index in [9.17, 15) is 5.11 Å². The Balaban J connectivity index is 2.06. The van der Waals surface area contributed by atoms with Gasteiger partial charge in [0.15, 0.2) is 11.3 Å². The number of hydrogen-bond donors (Lipinski definition) is 2. The summed E-state index contributed by atoms with van der Waals surface area (Å²) in [6.07, 6.45) is 3.60. The zero-order chi connectivity index (χ0) is 15.7. The van der Waals surface area contributed by atoms with Crippen molar-refractivity contribution >= 4 is 39.5 Å². The van der Waals surface area contributed by atoms with Gasteiger partial charge in [-0.05, 0) is 31.2 Å². The van der Waals surface area contributed by atoms with Crippen molar-refractivity contribution in [1.82, 2.24) is 4.98 Å². The van der Waals surface area contributed by atoms with Crippen LogP contribution in [0.5, 0.6) is 11.6 Å². The van der Waals surface area contributed by atoms with E-state index in [1.807, 2.05) is 31.2 Å². The second-order valence-corrected chi connectivity index (χ2v) is 5.61. The van der Waals surface area contributed by atoms with Crippen LogP contribution in [0.3, 0.4) is 0 Å². The Bertz CT molecular complexity index is 846. The minimum absolute atomic E-state index is 0.112. The first-order valence-corrected chi connectivity index (χ1v) is 7.24. The van der Waals surface area contributed by atoms with E-state index in [1.54, 1.807) is 13.3 Å². The van der Waals surface area contributed by atoms with Gasteiger partial charge in [-0.3, -0.25) is 10.3 Å². The number of nitrogens with zero attached hydrogens (tertiary/aromatic N) is 3. The number of nitrogens with one attached hydrogen (secondary N) is 1. The monoisotopic (exact) mass is 312 g/mol. The third-order valence-corrected chi connectivity index (χ3v) is 4.15. The molecule has 7 heteroatoms. The molecular weight excluding hydrogens is 300 g/mol. The molecule has 2 N–H and O–H groups in total. The first-order valence-electron chi connectivity index (χ1n) is 6.43. The molecular formula is C15H12N4O2S. The maximum Gasteiger partial charge on any atom is 0.231 e. The van der Waals surface area contributed by atoms with Gasteiger partial charge in [0, 0.05) is 16.8 Å². The zero-order valence-corrected chi connectivity index (χ0v) is 12.7. The first-order chi connectivity index (χ1) is 10.6. The molecule has 0 atom stereocenters. The lowest BCUT2D eigenvalue weighted by molar-refractivity contribution is 0.415. The van der Waals surface area contributed by atoms with Crippen LogP contribution in [0.15, 0.2) is 23.2 Å². The number of aromatic nitrogens is 1. The number of rotatable bonds is 3. The molecule has 0 amide bonds. The number of ether oxygens (including phenoxy) is 1. The Kier molecular flexibility index (Phi) is 3.53. The summed E-state index contributed by atoms with van der Waals surface area (Å²) in [5.41, 5.74) is 3.56. The largest absolute Gasteiger partial charge is 0.497 e. The molecule has 1 aromatic carbocycles. The highest BCUT2D eigenvalue weighted by atomic mass is 32.1. The molecule has 2 aromatic rings. The van der Waals surface area contributed by atoms with Crippen LogP contribution in [0.4, 0.5) is 10.8 Å². The molecule has 1 aliphatic rings. The van der Waals surface area contributed by atoms with Gasteiger partial charge in [-0.15, -0.1) is 0 Å². The molecule has 0 unspecified atom stereocenters. The van der Waals surface area contributed by atoms with E-state index in [-0.39, 0.29) is 5.88 Å². The number of aromatic hydroxyl groups is 1. The van der Waals surface area contributed by atoms with Crippen LogP contribution < -0.4 is 10.1 Å². The van der Waals surface area contributed by atoms with Gasteiger partial charge in [-0.1, -0.05) is 11.3 Å². The molecule has 1 aliphatic heterocycles. The molecule has 6 nitrogen and oxygen atoms in total. The van der Waals surface area contributed by atoms with Gasteiger partial charge < -0.3 is 9.84 Å². The average Bonchev–Trinajstić information content (AvgIpc) is 3.00. The summed E-state index contributed by atoms with van der Waals surface area (Å²) in [6.45, 7) is 1.91. The Morgan fingerprint density at radius 3 is 3.00 bits per heavy atom. The van der Waals surface area contributed by atoms with Crippen molar-refractivity contribution in [2.75, 3.05) is 12.4 Å². The standard InChI is InChI=1S/C15H12N4O2S/c1-8-10(6-13-14(20)19-15(22-13)17-7-16)11-5-9(21-2)3-4-12(11)18-8/h3-6,20H,1-2H3,(H,17,19)/b10-6-. The van der Waals surface area contributed by atoms with Crippen molar-refractivity contribution in [3.05, 3.63) is 28.6 Å². The molecule has 0 saturated heterocycles. The van der Waals surface area contributed by atoms with Crippen molar-refractivity contribution in [3.8, 4) is 17.8 Å². The first kappa shape index (κ1) is 14.1. The van der Waals surface area contributed by atoms with Crippen LogP contribution in [0, 0.1) is 11.5 Å². The number of thiazole rings is 1. The van der Waals surface area contributed by atoms with Gasteiger partial charge in [-0.2, -0.15) is 10.2 Å². The van der Waals surface area contributed by atoms with Gasteiger partial charge in [0.2, 0.25) is 5.88 Å². The second-order valence-electron chi connectivity index (χ2n) is 4.58. The number of methoxy groups -OCH3 is 1. The Morgan fingerprint density at radius 2 is 2.27 bits per heavy atom. The predicted molar refractivity (Wildman–Crippen MR) is 86.6 cm³/mol. The smallest absolute Gasteiger partial charge is 0.231 e. The number of hydrogen-bond acceptors (Lipinski definition) is 7. The molecule has 0 radical (unpaired) electrons. The van der Waals surface area contributed by atoms with Crippen LogP contribution in [0.25, 0.3) is 11.6 Å². The SMILES string of the molecule is COc1ccc2c(c1)/C(=C\c1sc(NC#N)nc1O)C(C)=N2. The summed E-state index contributed by atoms with van der Waals surface area (Å²) in [6, 6.07) is 5.67. The second kappa shape index (κ2) is 5.50. The number of anilines is 1. The van der Waals surface area contributed by atoms with Crippen LogP contribution in [-0.2, 0) is 0 Å². The molecule has 0 aliphatic carbocycles. The Labute approximate surface area is 131 Å². The topological polar surface area (TPSA) is 90.5 Å². The number of aliphatic imine (C=N–C) groups is 1. The van der Waals surface area contributed by atoms with Gasteiger partial charge in [0.05, 0.1) is 17.7 Å². The van der Waals surface area contributed by atoms with Crippen molar-refractivity contribution in [1.29, 1.82) is 5.26 Å². The third-order valence-electron chi connectivity index (χ3n) is 3.24. The fourth-order valence-electron chi connectivity index (χ4n) is 2.22. The molecule has 0 spiro atoms. The number of allylic oxidation sites excluding steroid dienone is 1. The summed E-state index contributed by atoms with van der Waals surface area (Å²) in [4.78, 5) is 8.96. The number of benzene rings is 1. The lowest BCUT2D eigenvalue weighted by Gasteiger charge is -2.04. The van der Waals surface area contributed by atoms with Crippen LogP contribution in [0.2, 0.25) is 0 Å². The molecule has 110 valence electrons. The third kappa shape index (κ3) is 2.40. The molecule has 0 saturated carbocycles. The highest BCUT2D eigenvalue weighted by molar-refractivity contribution is 7.16. The lowest BCUT2D eigenvalue weighted by atomic mass is 10.0. The maximum absolute atomic E-state index is 9.89. The van der Waals surface area contributed by atoms with Crippen molar-refractivity contribution in [3.63, 3.8) is 0 Å². The zero-order valence-electron chi connectivity index (χ0n) is 11.9. The normalized spacial score (nSPS) is 14.4. The van der Waals surface area contributed by atoms with E-state index in [0.717, 1.165) is 28.3 Å². The predicted octanol–water partition coefficient (Wildman–Crippen LogP) is 3.40. The van der Waals surface area contributed by atoms with Gasteiger partial charge in [0.25, 0.3) is 0 Å². The molecule has 3 rings (SSSR count). The van der Waals surface area contributed by atoms with Gasteiger partial charge >= 0.3 is 0 Å². The fraction of sp³-hybridized carbons (Fsp3) is 0.133. The average molecular weight is 312 g/mol. The maximum atomic E-state index is 9.89. The molecule has 2 heterocycles. The summed E-state index contributed by atoms with van der Waals surface area (Å²) in [7, 11) is 1.61. The van der Waals surface area contributed by atoms with Crippen LogP contribution in [-0.4, -0.2) is 22.9 Å². The fourth-order valence-corrected chi connectivity index (χ4v) is 2.97. The molecule has 1 aromatic heterocycles. The van der Waals surface area contributed by atoms with Crippen LogP contribution in [0.1, 0.15) is 17.4 Å². The Hall–Kier alpha value is -2.85. The summed E-state index contributed by atoms with van der Waals surface area (Å²) < 4.78 is 5.25. The van der Waals surface area contributed by atoms with Crippen molar-refractivity contribution in [2.45, 2.75) is 6.92 Å². The quantitative estimate of drug-likeness (QED) is 0.669. The highest BCUT2D eigenvalue weighted by Crippen LogP contribution is 2.40. The Morgan fingerprint density at radius 1 is 1.45 bits per heavy atom. The van der Waals surface area contributed by atoms with E-state index in [1.165, 1.54) is 11.3 Å². The van der Waals surface area contributed by atoms with E-state index in [0.29, 0.717) is 10.0 Å². The van der Waals surface area contributed by atoms with Crippen LogP contribution >= 0.6 is 11.3 Å². The lowest BCUT2D eigenvalue weighted by Crippen LogP contribution is -1.90. The van der Waals surface area contributed by atoms with Crippen molar-refractivity contribution in [2.24, 2.45) is 4.99 Å². The number of fused-ring (bicyclic) bond motifs is 1. The summed E-state index contributed by atoms with van der Waals surface area (Å²) >= 11 is 1.20. The molecule has 0 fully saturated rings. The van der Waals surface area contributed by atoms with Crippen molar-refractivity contribution < 1.29 is 9.84 Å². The van der Waals surface area contributed by atoms with Gasteiger partial charge in [0.1, 0.15) is 5.75 Å². The summed E-state index contributed by atoms with van der Waals surface area (Å²) in [5, 5.41) is 21.3. The number of nitriles is 1. The molecule has 22 heavy (non-hydrogen) atoms. The highest BCUT2D eigenvalue weighted by Gasteiger charge is 2.20. The van der Waals surface area contributed by atoms with E-state index in [4.69, 9.17) is 10.00 Å². The van der Waals surface area contributed by atoms with E-state index in [2.05, 4.69) is 15.3 Å². The molecule has 0 bridgehead atoms. The van der Waals surface area contributed by atoms with Gasteiger partial charge in [-0.25, -0.2) is 0 Å². The van der Waals surface area contributed by atoms with E-state index < -0.39 is 0 Å². The van der Waals surface area contributed by atoms with E-state index >= 15 is 0 Å². The minimum atomic E-state index is -0.112.